The third-order valence-corrected chi connectivity index (χ3v) is 5.93. The van der Waals surface area contributed by atoms with Gasteiger partial charge in [0.2, 0.25) is 0 Å². The topological polar surface area (TPSA) is 59.5 Å². The maximum absolute atomic E-state index is 12.7. The Hall–Kier alpha value is -2.73. The van der Waals surface area contributed by atoms with Crippen LogP contribution >= 0.6 is 11.3 Å². The van der Waals surface area contributed by atoms with E-state index in [1.165, 1.54) is 6.92 Å². The van der Waals surface area contributed by atoms with E-state index < -0.39 is 0 Å². The monoisotopic (exact) mass is 380 g/mol. The molecule has 0 N–H and O–H groups in total. The predicted octanol–water partition coefficient (Wildman–Crippen LogP) is 4.24. The van der Waals surface area contributed by atoms with Crippen LogP contribution in [0.25, 0.3) is 10.2 Å². The maximum atomic E-state index is 12.7. The number of hydrogen-bond donors (Lipinski definition) is 0. The highest BCUT2D eigenvalue weighted by Crippen LogP contribution is 2.36. The van der Waals surface area contributed by atoms with Crippen molar-refractivity contribution in [2.45, 2.75) is 25.8 Å². The van der Waals surface area contributed by atoms with Crippen molar-refractivity contribution in [3.8, 4) is 5.75 Å². The highest BCUT2D eigenvalue weighted by atomic mass is 32.1. The molecule has 1 aromatic heterocycles. The molecule has 1 aliphatic heterocycles. The standard InChI is InChI=1S/C21H20N2O3S/c1-14(24)15-8-10-16(11-9-15)26-13-20(25)23-12-4-6-18(23)21-22-17-5-2-3-7-19(17)27-21/h2-3,5,7-11,18H,4,6,12-13H2,1H3. The number of benzene rings is 2. The number of rotatable bonds is 5. The molecular formula is C21H20N2O3S. The lowest BCUT2D eigenvalue weighted by molar-refractivity contribution is -0.134. The molecule has 1 fully saturated rings. The molecule has 2 heterocycles. The van der Waals surface area contributed by atoms with Crippen LogP contribution in [-0.2, 0) is 4.79 Å². The number of Topliss-reactive ketones (excluding diaryl/α,β-unsaturated/α-hetero) is 1. The number of nitrogens with zero attached hydrogens (tertiary/aromatic N) is 2. The molecule has 1 unspecified atom stereocenters. The van der Waals surface area contributed by atoms with Gasteiger partial charge in [0.25, 0.3) is 5.91 Å². The molecule has 0 spiro atoms. The Morgan fingerprint density at radius 2 is 1.96 bits per heavy atom. The van der Waals surface area contributed by atoms with E-state index in [4.69, 9.17) is 9.72 Å². The third-order valence-electron chi connectivity index (χ3n) is 4.79. The van der Waals surface area contributed by atoms with Crippen LogP contribution in [0.15, 0.2) is 48.5 Å². The van der Waals surface area contributed by atoms with Crippen LogP contribution in [0.2, 0.25) is 0 Å². The number of amides is 1. The van der Waals surface area contributed by atoms with Crippen molar-refractivity contribution in [2.24, 2.45) is 0 Å². The molecule has 6 heteroatoms. The number of aromatic nitrogens is 1. The van der Waals surface area contributed by atoms with E-state index in [9.17, 15) is 9.59 Å². The molecule has 1 amide bonds. The van der Waals surface area contributed by atoms with Gasteiger partial charge in [0.05, 0.1) is 16.3 Å². The van der Waals surface area contributed by atoms with Gasteiger partial charge in [0, 0.05) is 12.1 Å². The normalized spacial score (nSPS) is 16.6. The number of carbonyl (C=O) groups is 2. The summed E-state index contributed by atoms with van der Waals surface area (Å²) < 4.78 is 6.79. The van der Waals surface area contributed by atoms with Crippen molar-refractivity contribution in [2.75, 3.05) is 13.2 Å². The van der Waals surface area contributed by atoms with Crippen LogP contribution in [-0.4, -0.2) is 34.7 Å². The summed E-state index contributed by atoms with van der Waals surface area (Å²) in [5.74, 6) is 0.560. The molecule has 5 nitrogen and oxygen atoms in total. The van der Waals surface area contributed by atoms with Crippen molar-refractivity contribution in [1.29, 1.82) is 0 Å². The van der Waals surface area contributed by atoms with Gasteiger partial charge in [-0.3, -0.25) is 9.59 Å². The first-order chi connectivity index (χ1) is 13.1. The summed E-state index contributed by atoms with van der Waals surface area (Å²) in [4.78, 5) is 30.6. The third kappa shape index (κ3) is 3.71. The zero-order chi connectivity index (χ0) is 18.8. The summed E-state index contributed by atoms with van der Waals surface area (Å²) in [6.45, 7) is 2.24. The predicted molar refractivity (Wildman–Crippen MR) is 105 cm³/mol. The summed E-state index contributed by atoms with van der Waals surface area (Å²) in [7, 11) is 0. The van der Waals surface area contributed by atoms with E-state index in [1.807, 2.05) is 23.1 Å². The van der Waals surface area contributed by atoms with E-state index in [0.717, 1.165) is 34.6 Å². The molecule has 2 aromatic carbocycles. The molecule has 27 heavy (non-hydrogen) atoms. The van der Waals surface area contributed by atoms with Crippen LogP contribution in [0.3, 0.4) is 0 Å². The van der Waals surface area contributed by atoms with Gasteiger partial charge in [-0.15, -0.1) is 11.3 Å². The number of thiazole rings is 1. The number of carbonyl (C=O) groups excluding carboxylic acids is 2. The SMILES string of the molecule is CC(=O)c1ccc(OCC(=O)N2CCCC2c2nc3ccccc3s2)cc1. The van der Waals surface area contributed by atoms with Crippen molar-refractivity contribution < 1.29 is 14.3 Å². The Labute approximate surface area is 161 Å². The number of ketones is 1. The first kappa shape index (κ1) is 17.7. The fourth-order valence-corrected chi connectivity index (χ4v) is 4.48. The molecule has 0 radical (unpaired) electrons. The van der Waals surface area contributed by atoms with Gasteiger partial charge in [0.15, 0.2) is 12.4 Å². The molecule has 0 aliphatic carbocycles. The van der Waals surface area contributed by atoms with Gasteiger partial charge in [-0.05, 0) is 56.2 Å². The first-order valence-corrected chi connectivity index (χ1v) is 9.82. The van der Waals surface area contributed by atoms with E-state index in [1.54, 1.807) is 35.6 Å². The summed E-state index contributed by atoms with van der Waals surface area (Å²) >= 11 is 1.66. The van der Waals surface area contributed by atoms with Crippen LogP contribution in [0.5, 0.6) is 5.75 Å². The second kappa shape index (κ2) is 7.48. The van der Waals surface area contributed by atoms with Crippen LogP contribution in [0.1, 0.15) is 41.2 Å². The smallest absolute Gasteiger partial charge is 0.261 e. The Balaban J connectivity index is 1.43. The summed E-state index contributed by atoms with van der Waals surface area (Å²) in [5, 5.41) is 0.993. The van der Waals surface area contributed by atoms with Crippen LogP contribution in [0, 0.1) is 0 Å². The Kier molecular flexibility index (Phi) is 4.90. The molecule has 1 aliphatic rings. The van der Waals surface area contributed by atoms with Gasteiger partial charge in [-0.2, -0.15) is 0 Å². The summed E-state index contributed by atoms with van der Waals surface area (Å²) in [6, 6.07) is 14.9. The van der Waals surface area contributed by atoms with E-state index in [2.05, 4.69) is 6.07 Å². The van der Waals surface area contributed by atoms with Crippen LogP contribution in [0.4, 0.5) is 0 Å². The lowest BCUT2D eigenvalue weighted by Gasteiger charge is -2.23. The van der Waals surface area contributed by atoms with Crippen LogP contribution < -0.4 is 4.74 Å². The highest BCUT2D eigenvalue weighted by Gasteiger charge is 2.32. The molecule has 1 atom stereocenters. The number of ether oxygens (including phenoxy) is 1. The Bertz CT molecular complexity index is 948. The molecule has 1 saturated heterocycles. The minimum Gasteiger partial charge on any atom is -0.484 e. The van der Waals surface area contributed by atoms with Crippen molar-refractivity contribution >= 4 is 33.2 Å². The number of fused-ring (bicyclic) bond motifs is 1. The lowest BCUT2D eigenvalue weighted by Crippen LogP contribution is -2.34. The Morgan fingerprint density at radius 1 is 1.19 bits per heavy atom. The van der Waals surface area contributed by atoms with E-state index in [-0.39, 0.29) is 24.3 Å². The van der Waals surface area contributed by atoms with Gasteiger partial charge >= 0.3 is 0 Å². The van der Waals surface area contributed by atoms with Gasteiger partial charge in [-0.25, -0.2) is 4.98 Å². The molecular weight excluding hydrogens is 360 g/mol. The largest absolute Gasteiger partial charge is 0.484 e. The molecule has 3 aromatic rings. The Morgan fingerprint density at radius 3 is 2.70 bits per heavy atom. The van der Waals surface area contributed by atoms with Crippen molar-refractivity contribution in [1.82, 2.24) is 9.88 Å². The van der Waals surface area contributed by atoms with Crippen molar-refractivity contribution in [3.05, 3.63) is 59.1 Å². The number of para-hydroxylation sites is 1. The molecule has 138 valence electrons. The fourth-order valence-electron chi connectivity index (χ4n) is 3.37. The quantitative estimate of drug-likeness (QED) is 0.621. The second-order valence-electron chi connectivity index (χ2n) is 6.63. The zero-order valence-electron chi connectivity index (χ0n) is 15.1. The zero-order valence-corrected chi connectivity index (χ0v) is 15.9. The van der Waals surface area contributed by atoms with Gasteiger partial charge in [-0.1, -0.05) is 12.1 Å². The highest BCUT2D eigenvalue weighted by molar-refractivity contribution is 7.18. The summed E-state index contributed by atoms with van der Waals surface area (Å²) in [6.07, 6.45) is 1.90. The second-order valence-corrected chi connectivity index (χ2v) is 7.70. The average molecular weight is 380 g/mol. The first-order valence-electron chi connectivity index (χ1n) is 9.00. The number of hydrogen-bond acceptors (Lipinski definition) is 5. The minimum atomic E-state index is -0.0348. The minimum absolute atomic E-state index is 0.00775. The van der Waals surface area contributed by atoms with E-state index in [0.29, 0.717) is 11.3 Å². The fraction of sp³-hybridized carbons (Fsp3) is 0.286. The molecule has 4 rings (SSSR count). The lowest BCUT2D eigenvalue weighted by atomic mass is 10.1. The van der Waals surface area contributed by atoms with E-state index >= 15 is 0 Å². The maximum Gasteiger partial charge on any atom is 0.261 e. The van der Waals surface area contributed by atoms with Gasteiger partial charge < -0.3 is 9.64 Å². The number of likely N-dealkylation sites (tertiary alicyclic amines) is 1. The molecule has 0 bridgehead atoms. The molecule has 0 saturated carbocycles. The average Bonchev–Trinajstić information content (AvgIpc) is 3.32. The van der Waals surface area contributed by atoms with Gasteiger partial charge in [0.1, 0.15) is 10.8 Å². The summed E-state index contributed by atoms with van der Waals surface area (Å²) in [5.41, 5.74) is 1.61. The van der Waals surface area contributed by atoms with Crippen molar-refractivity contribution in [3.63, 3.8) is 0 Å².